The number of hydrogen-bond donors (Lipinski definition) is 0. The van der Waals surface area contributed by atoms with E-state index in [1.165, 1.54) is 7.11 Å². The van der Waals surface area contributed by atoms with Crippen molar-refractivity contribution in [2.45, 2.75) is 18.9 Å². The maximum atomic E-state index is 12.4. The maximum absolute atomic E-state index is 12.4. The van der Waals surface area contributed by atoms with Crippen LogP contribution in [0.1, 0.15) is 39.7 Å². The Morgan fingerprint density at radius 3 is 2.52 bits per heavy atom. The molecule has 0 aliphatic carbocycles. The maximum Gasteiger partial charge on any atom is 0.354 e. The van der Waals surface area contributed by atoms with Gasteiger partial charge in [0.15, 0.2) is 0 Å². The quantitative estimate of drug-likeness (QED) is 0.815. The molecule has 23 heavy (non-hydrogen) atoms. The van der Waals surface area contributed by atoms with Gasteiger partial charge in [0.1, 0.15) is 5.69 Å². The number of likely N-dealkylation sites (tertiary alicyclic amines) is 1. The van der Waals surface area contributed by atoms with Crippen molar-refractivity contribution in [3.63, 3.8) is 0 Å². The molecule has 0 saturated carbocycles. The second-order valence-corrected chi connectivity index (χ2v) is 5.55. The molecule has 2 aromatic rings. The number of carbonyl (C=O) groups excluding carboxylic acids is 2. The molecule has 0 aromatic carbocycles. The highest BCUT2D eigenvalue weighted by Gasteiger charge is 2.26. The minimum atomic E-state index is -0.328. The number of nitrogens with zero attached hydrogens (tertiary/aromatic N) is 3. The second kappa shape index (κ2) is 6.64. The molecule has 2 aromatic heterocycles. The van der Waals surface area contributed by atoms with Crippen molar-refractivity contribution in [3.05, 3.63) is 54.1 Å². The van der Waals surface area contributed by atoms with Crippen LogP contribution in [0.2, 0.25) is 0 Å². The molecule has 0 radical (unpaired) electrons. The van der Waals surface area contributed by atoms with E-state index in [2.05, 4.69) is 4.98 Å². The number of piperidine rings is 1. The molecule has 1 saturated heterocycles. The Morgan fingerprint density at radius 1 is 1.17 bits per heavy atom. The summed E-state index contributed by atoms with van der Waals surface area (Å²) in [6, 6.07) is 7.28. The summed E-state index contributed by atoms with van der Waals surface area (Å²) in [4.78, 5) is 30.0. The van der Waals surface area contributed by atoms with E-state index in [0.717, 1.165) is 12.8 Å². The van der Waals surface area contributed by atoms with Crippen LogP contribution in [0.3, 0.4) is 0 Å². The van der Waals surface area contributed by atoms with Crippen molar-refractivity contribution >= 4 is 11.9 Å². The van der Waals surface area contributed by atoms with Gasteiger partial charge < -0.3 is 14.2 Å². The van der Waals surface area contributed by atoms with Gasteiger partial charge in [0.05, 0.1) is 7.11 Å². The smallest absolute Gasteiger partial charge is 0.354 e. The highest BCUT2D eigenvalue weighted by Crippen LogP contribution is 2.25. The molecule has 1 amide bonds. The first-order chi connectivity index (χ1) is 11.2. The van der Waals surface area contributed by atoms with E-state index in [0.29, 0.717) is 24.3 Å². The van der Waals surface area contributed by atoms with Gasteiger partial charge in [0.25, 0.3) is 5.91 Å². The molecular weight excluding hydrogens is 294 g/mol. The Balaban J connectivity index is 1.66. The Hall–Kier alpha value is -2.63. The fraction of sp³-hybridized carbons (Fsp3) is 0.353. The molecule has 0 spiro atoms. The zero-order valence-electron chi connectivity index (χ0n) is 13.0. The Labute approximate surface area is 134 Å². The summed E-state index contributed by atoms with van der Waals surface area (Å²) in [6.07, 6.45) is 6.78. The van der Waals surface area contributed by atoms with Crippen LogP contribution in [0.15, 0.2) is 42.9 Å². The average molecular weight is 313 g/mol. The highest BCUT2D eigenvalue weighted by atomic mass is 16.5. The van der Waals surface area contributed by atoms with Gasteiger partial charge in [-0.3, -0.25) is 9.78 Å². The first kappa shape index (κ1) is 15.3. The lowest BCUT2D eigenvalue weighted by Crippen LogP contribution is -2.39. The number of esters is 1. The van der Waals surface area contributed by atoms with E-state index in [-0.39, 0.29) is 17.9 Å². The number of rotatable bonds is 3. The monoisotopic (exact) mass is 313 g/mol. The van der Waals surface area contributed by atoms with Crippen LogP contribution >= 0.6 is 0 Å². The normalized spacial score (nSPS) is 15.4. The Morgan fingerprint density at radius 2 is 1.87 bits per heavy atom. The molecule has 1 aliphatic heterocycles. The van der Waals surface area contributed by atoms with E-state index in [1.54, 1.807) is 30.6 Å². The van der Waals surface area contributed by atoms with Crippen LogP contribution in [0.5, 0.6) is 0 Å². The highest BCUT2D eigenvalue weighted by molar-refractivity contribution is 5.94. The molecule has 6 nitrogen and oxygen atoms in total. The molecule has 0 unspecified atom stereocenters. The molecule has 0 bridgehead atoms. The van der Waals surface area contributed by atoms with Gasteiger partial charge in [-0.05, 0) is 37.1 Å². The predicted octanol–water partition coefficient (Wildman–Crippen LogP) is 2.15. The minimum absolute atomic E-state index is 0.0338. The average Bonchev–Trinajstić information content (AvgIpc) is 3.11. The third-order valence-electron chi connectivity index (χ3n) is 4.25. The number of carbonyl (C=O) groups is 2. The summed E-state index contributed by atoms with van der Waals surface area (Å²) in [5, 5.41) is 0. The molecule has 120 valence electrons. The summed E-state index contributed by atoms with van der Waals surface area (Å²) in [6.45, 7) is 1.34. The molecule has 6 heteroatoms. The summed E-state index contributed by atoms with van der Waals surface area (Å²) < 4.78 is 6.77. The molecule has 0 atom stereocenters. The van der Waals surface area contributed by atoms with Gasteiger partial charge >= 0.3 is 5.97 Å². The molecular formula is C17H19N3O3. The third kappa shape index (κ3) is 3.11. The number of aromatic nitrogens is 2. The topological polar surface area (TPSA) is 64.4 Å². The number of pyridine rings is 1. The van der Waals surface area contributed by atoms with Gasteiger partial charge in [-0.25, -0.2) is 4.79 Å². The van der Waals surface area contributed by atoms with Crippen molar-refractivity contribution in [2.24, 2.45) is 0 Å². The van der Waals surface area contributed by atoms with Crippen LogP contribution in [0.25, 0.3) is 0 Å². The molecule has 1 aliphatic rings. The SMILES string of the molecule is COC(=O)c1cccn1C1CCN(C(=O)c2ccncc2)CC1. The van der Waals surface area contributed by atoms with Crippen molar-refractivity contribution in [2.75, 3.05) is 20.2 Å². The number of hydrogen-bond acceptors (Lipinski definition) is 4. The van der Waals surface area contributed by atoms with Crippen molar-refractivity contribution in [1.82, 2.24) is 14.5 Å². The van der Waals surface area contributed by atoms with E-state index in [9.17, 15) is 9.59 Å². The van der Waals surface area contributed by atoms with E-state index in [1.807, 2.05) is 21.7 Å². The lowest BCUT2D eigenvalue weighted by Gasteiger charge is -2.33. The number of amides is 1. The molecule has 1 fully saturated rings. The van der Waals surface area contributed by atoms with Gasteiger partial charge in [0.2, 0.25) is 0 Å². The fourth-order valence-corrected chi connectivity index (χ4v) is 3.01. The van der Waals surface area contributed by atoms with Gasteiger partial charge in [0, 0.05) is 43.3 Å². The van der Waals surface area contributed by atoms with Crippen molar-refractivity contribution in [1.29, 1.82) is 0 Å². The summed E-state index contributed by atoms with van der Waals surface area (Å²) in [5.74, 6) is -0.295. The molecule has 3 rings (SSSR count). The van der Waals surface area contributed by atoms with Crippen LogP contribution in [-0.2, 0) is 4.74 Å². The standard InChI is InChI=1S/C17H19N3O3/c1-23-17(22)15-3-2-10-20(15)14-6-11-19(12-7-14)16(21)13-4-8-18-9-5-13/h2-5,8-10,14H,6-7,11-12H2,1H3. The minimum Gasteiger partial charge on any atom is -0.464 e. The van der Waals surface area contributed by atoms with Crippen molar-refractivity contribution < 1.29 is 14.3 Å². The van der Waals surface area contributed by atoms with Crippen LogP contribution in [0.4, 0.5) is 0 Å². The van der Waals surface area contributed by atoms with Crippen LogP contribution in [0, 0.1) is 0 Å². The zero-order chi connectivity index (χ0) is 16.2. The van der Waals surface area contributed by atoms with Gasteiger partial charge in [-0.15, -0.1) is 0 Å². The van der Waals surface area contributed by atoms with E-state index >= 15 is 0 Å². The summed E-state index contributed by atoms with van der Waals surface area (Å²) in [7, 11) is 1.38. The van der Waals surface area contributed by atoms with E-state index < -0.39 is 0 Å². The molecule has 3 heterocycles. The van der Waals surface area contributed by atoms with Gasteiger partial charge in [-0.2, -0.15) is 0 Å². The lowest BCUT2D eigenvalue weighted by molar-refractivity contribution is 0.0573. The fourth-order valence-electron chi connectivity index (χ4n) is 3.01. The number of ether oxygens (including phenoxy) is 1. The summed E-state index contributed by atoms with van der Waals surface area (Å²) in [5.41, 5.74) is 1.22. The second-order valence-electron chi connectivity index (χ2n) is 5.55. The predicted molar refractivity (Wildman–Crippen MR) is 84.2 cm³/mol. The lowest BCUT2D eigenvalue weighted by atomic mass is 10.0. The Kier molecular flexibility index (Phi) is 4.41. The first-order valence-corrected chi connectivity index (χ1v) is 7.65. The Bertz CT molecular complexity index is 688. The largest absolute Gasteiger partial charge is 0.464 e. The molecule has 0 N–H and O–H groups in total. The van der Waals surface area contributed by atoms with E-state index in [4.69, 9.17) is 4.74 Å². The summed E-state index contributed by atoms with van der Waals surface area (Å²) >= 11 is 0. The third-order valence-corrected chi connectivity index (χ3v) is 4.25. The first-order valence-electron chi connectivity index (χ1n) is 7.65. The zero-order valence-corrected chi connectivity index (χ0v) is 13.0. The van der Waals surface area contributed by atoms with Gasteiger partial charge in [-0.1, -0.05) is 0 Å². The van der Waals surface area contributed by atoms with Crippen LogP contribution in [-0.4, -0.2) is 46.5 Å². The van der Waals surface area contributed by atoms with Crippen LogP contribution < -0.4 is 0 Å². The van der Waals surface area contributed by atoms with Crippen molar-refractivity contribution in [3.8, 4) is 0 Å². The number of methoxy groups -OCH3 is 1.